The molecule has 1 aliphatic heterocycles. The van der Waals surface area contributed by atoms with Gasteiger partial charge in [-0.1, -0.05) is 0 Å². The number of methoxy groups -OCH3 is 2. The van der Waals surface area contributed by atoms with Crippen molar-refractivity contribution in [1.29, 1.82) is 0 Å². The Kier molecular flexibility index (Phi) is 4.24. The lowest BCUT2D eigenvalue weighted by atomic mass is 9.99. The Morgan fingerprint density at radius 1 is 1.28 bits per heavy atom. The summed E-state index contributed by atoms with van der Waals surface area (Å²) in [6, 6.07) is 3.68. The van der Waals surface area contributed by atoms with Crippen molar-refractivity contribution in [1.82, 2.24) is 0 Å². The average Bonchev–Trinajstić information content (AvgIpc) is 2.38. The minimum atomic E-state index is -0.247. The van der Waals surface area contributed by atoms with Gasteiger partial charge in [-0.05, 0) is 28.1 Å². The van der Waals surface area contributed by atoms with Crippen molar-refractivity contribution in [2.24, 2.45) is 0 Å². The van der Waals surface area contributed by atoms with Gasteiger partial charge in [-0.25, -0.2) is 0 Å². The second-order valence-corrected chi connectivity index (χ2v) is 4.94. The van der Waals surface area contributed by atoms with Crippen molar-refractivity contribution in [3.8, 4) is 11.5 Å². The fraction of sp³-hybridized carbons (Fsp3) is 0.462. The van der Waals surface area contributed by atoms with E-state index < -0.39 is 0 Å². The van der Waals surface area contributed by atoms with Gasteiger partial charge >= 0.3 is 0 Å². The Bertz CT molecular complexity index is 459. The third-order valence-electron chi connectivity index (χ3n) is 2.96. The third kappa shape index (κ3) is 2.67. The molecule has 1 heterocycles. The van der Waals surface area contributed by atoms with Crippen LogP contribution in [0.1, 0.15) is 24.5 Å². The van der Waals surface area contributed by atoms with E-state index >= 15 is 0 Å². The monoisotopic (exact) mass is 314 g/mol. The topological polar surface area (TPSA) is 44.8 Å². The summed E-state index contributed by atoms with van der Waals surface area (Å²) in [7, 11) is 3.20. The fourth-order valence-electron chi connectivity index (χ4n) is 2.02. The van der Waals surface area contributed by atoms with Crippen LogP contribution in [-0.2, 0) is 9.53 Å². The van der Waals surface area contributed by atoms with Crippen molar-refractivity contribution in [3.05, 3.63) is 22.2 Å². The summed E-state index contributed by atoms with van der Waals surface area (Å²) < 4.78 is 17.1. The van der Waals surface area contributed by atoms with Crippen molar-refractivity contribution in [3.63, 3.8) is 0 Å². The van der Waals surface area contributed by atoms with E-state index in [-0.39, 0.29) is 11.9 Å². The highest BCUT2D eigenvalue weighted by atomic mass is 79.9. The zero-order chi connectivity index (χ0) is 13.1. The summed E-state index contributed by atoms with van der Waals surface area (Å²) >= 11 is 3.41. The zero-order valence-electron chi connectivity index (χ0n) is 10.4. The van der Waals surface area contributed by atoms with Gasteiger partial charge in [0.1, 0.15) is 17.3 Å². The molecule has 1 saturated heterocycles. The maximum atomic E-state index is 11.5. The lowest BCUT2D eigenvalue weighted by Crippen LogP contribution is -2.20. The van der Waals surface area contributed by atoms with Crippen molar-refractivity contribution >= 4 is 21.7 Å². The Morgan fingerprint density at radius 3 is 2.61 bits per heavy atom. The van der Waals surface area contributed by atoms with E-state index in [1.807, 2.05) is 12.1 Å². The van der Waals surface area contributed by atoms with Crippen molar-refractivity contribution in [2.45, 2.75) is 18.9 Å². The molecular formula is C13H15BrO4. The molecule has 2 rings (SSSR count). The van der Waals surface area contributed by atoms with Crippen LogP contribution in [0.25, 0.3) is 0 Å². The zero-order valence-corrected chi connectivity index (χ0v) is 12.0. The summed E-state index contributed by atoms with van der Waals surface area (Å²) in [5, 5.41) is 0. The van der Waals surface area contributed by atoms with Crippen molar-refractivity contribution in [2.75, 3.05) is 20.8 Å². The number of Topliss-reactive ketones (excluding diaryl/α,β-unsaturated/α-hetero) is 1. The summed E-state index contributed by atoms with van der Waals surface area (Å²) in [5.41, 5.74) is 0.852. The number of carbonyl (C=O) groups excluding carboxylic acids is 1. The van der Waals surface area contributed by atoms with E-state index in [1.165, 1.54) is 0 Å². The van der Waals surface area contributed by atoms with Crippen LogP contribution in [0.5, 0.6) is 11.5 Å². The van der Waals surface area contributed by atoms with Gasteiger partial charge in [0, 0.05) is 18.4 Å². The number of ether oxygens (including phenoxy) is 3. The normalized spacial score (nSPS) is 19.7. The van der Waals surface area contributed by atoms with Crippen LogP contribution in [0, 0.1) is 0 Å². The molecule has 0 bridgehead atoms. The molecule has 0 radical (unpaired) electrons. The molecule has 1 aliphatic rings. The summed E-state index contributed by atoms with van der Waals surface area (Å²) in [4.78, 5) is 11.5. The molecule has 1 atom stereocenters. The maximum absolute atomic E-state index is 11.5. The molecule has 18 heavy (non-hydrogen) atoms. The molecule has 0 aliphatic carbocycles. The van der Waals surface area contributed by atoms with E-state index in [1.54, 1.807) is 14.2 Å². The highest BCUT2D eigenvalue weighted by molar-refractivity contribution is 9.10. The molecule has 0 spiro atoms. The first kappa shape index (κ1) is 13.4. The van der Waals surface area contributed by atoms with E-state index in [0.717, 1.165) is 10.0 Å². The van der Waals surface area contributed by atoms with Gasteiger partial charge in [-0.2, -0.15) is 0 Å². The first-order valence-electron chi connectivity index (χ1n) is 5.70. The Balaban J connectivity index is 2.38. The van der Waals surface area contributed by atoms with Crippen LogP contribution < -0.4 is 9.47 Å². The average molecular weight is 315 g/mol. The Morgan fingerprint density at radius 2 is 2.00 bits per heavy atom. The van der Waals surface area contributed by atoms with Gasteiger partial charge < -0.3 is 14.2 Å². The number of benzene rings is 1. The quantitative estimate of drug-likeness (QED) is 0.860. The predicted molar refractivity (Wildman–Crippen MR) is 70.2 cm³/mol. The van der Waals surface area contributed by atoms with E-state index in [9.17, 15) is 4.79 Å². The van der Waals surface area contributed by atoms with Crippen LogP contribution in [0.4, 0.5) is 0 Å². The number of rotatable bonds is 3. The number of ketones is 1. The lowest BCUT2D eigenvalue weighted by Gasteiger charge is -2.24. The molecule has 1 aromatic carbocycles. The molecule has 98 valence electrons. The first-order chi connectivity index (χ1) is 8.65. The lowest BCUT2D eigenvalue weighted by molar-refractivity contribution is -0.128. The van der Waals surface area contributed by atoms with E-state index in [2.05, 4.69) is 15.9 Å². The molecule has 1 fully saturated rings. The molecule has 1 unspecified atom stereocenters. The second kappa shape index (κ2) is 5.71. The highest BCUT2D eigenvalue weighted by Gasteiger charge is 2.25. The Hall–Kier alpha value is -1.07. The summed E-state index contributed by atoms with van der Waals surface area (Å²) in [6.45, 7) is 0.463. The highest BCUT2D eigenvalue weighted by Crippen LogP contribution is 2.39. The van der Waals surface area contributed by atoms with Crippen molar-refractivity contribution < 1.29 is 19.0 Å². The maximum Gasteiger partial charge on any atom is 0.138 e. The van der Waals surface area contributed by atoms with Gasteiger partial charge in [0.15, 0.2) is 0 Å². The molecule has 0 saturated carbocycles. The molecule has 0 amide bonds. The fourth-order valence-corrected chi connectivity index (χ4v) is 2.50. The molecular weight excluding hydrogens is 300 g/mol. The first-order valence-corrected chi connectivity index (χ1v) is 6.49. The second-order valence-electron chi connectivity index (χ2n) is 4.08. The summed E-state index contributed by atoms with van der Waals surface area (Å²) in [6.07, 6.45) is 0.636. The minimum Gasteiger partial charge on any atom is -0.496 e. The number of hydrogen-bond donors (Lipinski definition) is 0. The Labute approximate surface area is 114 Å². The molecule has 4 nitrogen and oxygen atoms in total. The minimum absolute atomic E-state index is 0.218. The van der Waals surface area contributed by atoms with E-state index in [4.69, 9.17) is 14.2 Å². The predicted octanol–water partition coefficient (Wildman–Crippen LogP) is 2.89. The number of carbonyl (C=O) groups is 1. The number of hydrogen-bond acceptors (Lipinski definition) is 4. The van der Waals surface area contributed by atoms with Crippen LogP contribution in [0.3, 0.4) is 0 Å². The van der Waals surface area contributed by atoms with Crippen LogP contribution in [0.2, 0.25) is 0 Å². The van der Waals surface area contributed by atoms with E-state index in [0.29, 0.717) is 30.9 Å². The van der Waals surface area contributed by atoms with Gasteiger partial charge in [-0.3, -0.25) is 4.79 Å². The van der Waals surface area contributed by atoms with Gasteiger partial charge in [0.05, 0.1) is 31.4 Å². The van der Waals surface area contributed by atoms with Crippen LogP contribution in [0.15, 0.2) is 16.6 Å². The third-order valence-corrected chi connectivity index (χ3v) is 3.58. The van der Waals surface area contributed by atoms with Gasteiger partial charge in [0.2, 0.25) is 0 Å². The number of halogens is 1. The van der Waals surface area contributed by atoms with Crippen LogP contribution in [-0.4, -0.2) is 26.6 Å². The van der Waals surface area contributed by atoms with Gasteiger partial charge in [0.25, 0.3) is 0 Å². The SMILES string of the molecule is COc1cc(C2CC(=O)CCO2)c(OC)cc1Br. The standard InChI is InChI=1S/C13H15BrO4/c1-16-11-7-10(14)13(17-2)6-9(11)12-5-8(15)3-4-18-12/h6-7,12H,3-5H2,1-2H3. The molecule has 0 N–H and O–H groups in total. The summed E-state index contributed by atoms with van der Waals surface area (Å²) in [5.74, 6) is 1.62. The largest absolute Gasteiger partial charge is 0.496 e. The molecule has 1 aromatic rings. The molecule has 0 aromatic heterocycles. The molecule has 5 heteroatoms. The van der Waals surface area contributed by atoms with Crippen LogP contribution >= 0.6 is 15.9 Å². The van der Waals surface area contributed by atoms with Gasteiger partial charge in [-0.15, -0.1) is 0 Å². The smallest absolute Gasteiger partial charge is 0.138 e.